The Morgan fingerprint density at radius 3 is 2.27 bits per heavy atom. The minimum atomic E-state index is -0.892. The Hall–Kier alpha value is -0.820. The van der Waals surface area contributed by atoms with E-state index >= 15 is 0 Å². The monoisotopic (exact) mass is 224 g/mol. The molecule has 0 N–H and O–H groups in total. The summed E-state index contributed by atoms with van der Waals surface area (Å²) in [6, 6.07) is 7.94. The van der Waals surface area contributed by atoms with Crippen LogP contribution in [0.3, 0.4) is 0 Å². The van der Waals surface area contributed by atoms with E-state index in [2.05, 4.69) is 13.8 Å². The number of alkyl halides is 1. The first kappa shape index (κ1) is 12.3. The third kappa shape index (κ3) is 3.35. The van der Waals surface area contributed by atoms with Crippen LogP contribution in [0.25, 0.3) is 0 Å². The van der Waals surface area contributed by atoms with Crippen molar-refractivity contribution < 1.29 is 4.79 Å². The highest BCUT2D eigenvalue weighted by Crippen LogP contribution is 2.26. The summed E-state index contributed by atoms with van der Waals surface area (Å²) >= 11 is 6.04. The fourth-order valence-corrected chi connectivity index (χ4v) is 1.63. The molecule has 0 spiro atoms. The molecule has 0 aliphatic carbocycles. The smallest absolute Gasteiger partial charge is 0.145 e. The van der Waals surface area contributed by atoms with Crippen molar-refractivity contribution >= 4 is 17.9 Å². The van der Waals surface area contributed by atoms with Crippen LogP contribution in [0.4, 0.5) is 0 Å². The van der Waals surface area contributed by atoms with E-state index in [4.69, 9.17) is 11.6 Å². The van der Waals surface area contributed by atoms with Gasteiger partial charge in [-0.1, -0.05) is 38.1 Å². The topological polar surface area (TPSA) is 17.1 Å². The van der Waals surface area contributed by atoms with Crippen LogP contribution in [0.5, 0.6) is 0 Å². The predicted molar refractivity (Wildman–Crippen MR) is 64.3 cm³/mol. The van der Waals surface area contributed by atoms with E-state index in [1.165, 1.54) is 5.56 Å². The van der Waals surface area contributed by atoms with Crippen LogP contribution in [0, 0.1) is 5.92 Å². The van der Waals surface area contributed by atoms with E-state index in [9.17, 15) is 4.79 Å². The van der Waals surface area contributed by atoms with E-state index in [0.29, 0.717) is 5.92 Å². The van der Waals surface area contributed by atoms with Gasteiger partial charge in [0, 0.05) is 0 Å². The molecule has 0 aliphatic rings. The van der Waals surface area contributed by atoms with Gasteiger partial charge in [-0.2, -0.15) is 0 Å². The highest BCUT2D eigenvalue weighted by molar-refractivity contribution is 6.31. The first-order valence-corrected chi connectivity index (χ1v) is 5.58. The summed E-state index contributed by atoms with van der Waals surface area (Å²) < 4.78 is 0. The molecule has 1 nitrogen and oxygen atoms in total. The second kappa shape index (κ2) is 4.80. The van der Waals surface area contributed by atoms with Crippen LogP contribution in [0.1, 0.15) is 31.9 Å². The van der Waals surface area contributed by atoms with Crippen molar-refractivity contribution in [1.82, 2.24) is 0 Å². The zero-order valence-electron chi connectivity index (χ0n) is 9.46. The maximum atomic E-state index is 10.8. The van der Waals surface area contributed by atoms with Crippen molar-refractivity contribution in [2.24, 2.45) is 5.92 Å². The maximum Gasteiger partial charge on any atom is 0.145 e. The molecule has 0 fully saturated rings. The van der Waals surface area contributed by atoms with Gasteiger partial charge in [0.05, 0.1) is 0 Å². The summed E-state index contributed by atoms with van der Waals surface area (Å²) in [5.74, 6) is 0.643. The highest BCUT2D eigenvalue weighted by atomic mass is 35.5. The van der Waals surface area contributed by atoms with E-state index in [-0.39, 0.29) is 0 Å². The van der Waals surface area contributed by atoms with Crippen molar-refractivity contribution in [2.45, 2.75) is 32.1 Å². The number of rotatable bonds is 4. The molecule has 1 aromatic carbocycles. The van der Waals surface area contributed by atoms with Crippen molar-refractivity contribution in [2.75, 3.05) is 0 Å². The Bertz CT molecular complexity index is 325. The van der Waals surface area contributed by atoms with Gasteiger partial charge >= 0.3 is 0 Å². The molecular formula is C13H17ClO. The first-order valence-electron chi connectivity index (χ1n) is 5.20. The van der Waals surface area contributed by atoms with Crippen molar-refractivity contribution in [3.8, 4) is 0 Å². The Kier molecular flexibility index (Phi) is 3.92. The SMILES string of the molecule is CC(C)Cc1ccc(C(C)(Cl)C=O)cc1. The van der Waals surface area contributed by atoms with Crippen LogP contribution >= 0.6 is 11.6 Å². The molecule has 0 amide bonds. The van der Waals surface area contributed by atoms with Gasteiger partial charge in [0.2, 0.25) is 0 Å². The third-order valence-corrected chi connectivity index (χ3v) is 2.69. The number of benzene rings is 1. The molecule has 1 aromatic rings. The minimum Gasteiger partial charge on any atom is -0.301 e. The molecule has 1 rings (SSSR count). The number of aldehydes is 1. The maximum absolute atomic E-state index is 10.8. The summed E-state index contributed by atoms with van der Waals surface area (Å²) in [5, 5.41) is 0. The highest BCUT2D eigenvalue weighted by Gasteiger charge is 2.21. The lowest BCUT2D eigenvalue weighted by Gasteiger charge is -2.15. The zero-order chi connectivity index (χ0) is 11.5. The van der Waals surface area contributed by atoms with Crippen molar-refractivity contribution in [3.05, 3.63) is 35.4 Å². The standard InChI is InChI=1S/C13H17ClO/c1-10(2)8-11-4-6-12(7-5-11)13(3,14)9-15/h4-7,9-10H,8H2,1-3H3. The molecule has 2 heteroatoms. The van der Waals surface area contributed by atoms with Gasteiger partial charge in [-0.05, 0) is 30.4 Å². The molecule has 1 unspecified atom stereocenters. The van der Waals surface area contributed by atoms with Crippen LogP contribution in [-0.2, 0) is 16.1 Å². The van der Waals surface area contributed by atoms with E-state index < -0.39 is 4.87 Å². The van der Waals surface area contributed by atoms with E-state index in [1.807, 2.05) is 24.3 Å². The average Bonchev–Trinajstić information content (AvgIpc) is 2.18. The average molecular weight is 225 g/mol. The minimum absolute atomic E-state index is 0.643. The summed E-state index contributed by atoms with van der Waals surface area (Å²) in [5.41, 5.74) is 2.14. The number of hydrogen-bond donors (Lipinski definition) is 0. The summed E-state index contributed by atoms with van der Waals surface area (Å²) in [6.07, 6.45) is 1.83. The molecule has 0 aromatic heterocycles. The van der Waals surface area contributed by atoms with Gasteiger partial charge in [-0.3, -0.25) is 0 Å². The van der Waals surface area contributed by atoms with E-state index in [1.54, 1.807) is 6.92 Å². The molecular weight excluding hydrogens is 208 g/mol. The molecule has 0 saturated heterocycles. The Morgan fingerprint density at radius 2 is 1.87 bits per heavy atom. The third-order valence-electron chi connectivity index (χ3n) is 2.38. The van der Waals surface area contributed by atoms with Gasteiger partial charge < -0.3 is 4.79 Å². The molecule has 0 radical (unpaired) electrons. The normalized spacial score (nSPS) is 15.0. The fraction of sp³-hybridized carbons (Fsp3) is 0.462. The second-order valence-corrected chi connectivity index (χ2v) is 5.27. The summed E-state index contributed by atoms with van der Waals surface area (Å²) in [4.78, 5) is 9.87. The first-order chi connectivity index (χ1) is 6.95. The van der Waals surface area contributed by atoms with Crippen LogP contribution in [-0.4, -0.2) is 6.29 Å². The van der Waals surface area contributed by atoms with Crippen LogP contribution in [0.15, 0.2) is 24.3 Å². The summed E-state index contributed by atoms with van der Waals surface area (Å²) in [7, 11) is 0. The molecule has 0 heterocycles. The zero-order valence-corrected chi connectivity index (χ0v) is 10.2. The second-order valence-electron chi connectivity index (χ2n) is 4.49. The quantitative estimate of drug-likeness (QED) is 0.565. The van der Waals surface area contributed by atoms with Crippen LogP contribution < -0.4 is 0 Å². The lowest BCUT2D eigenvalue weighted by atomic mass is 9.97. The Labute approximate surface area is 96.5 Å². The van der Waals surface area contributed by atoms with Crippen molar-refractivity contribution in [1.29, 1.82) is 0 Å². The fourth-order valence-electron chi connectivity index (χ4n) is 1.51. The number of carbonyl (C=O) groups excluding carboxylic acids is 1. The van der Waals surface area contributed by atoms with Crippen LogP contribution in [0.2, 0.25) is 0 Å². The van der Waals surface area contributed by atoms with Gasteiger partial charge in [0.1, 0.15) is 11.2 Å². The van der Waals surface area contributed by atoms with Gasteiger partial charge in [-0.25, -0.2) is 0 Å². The van der Waals surface area contributed by atoms with Gasteiger partial charge in [0.15, 0.2) is 0 Å². The predicted octanol–water partition coefficient (Wildman–Crippen LogP) is 3.54. The molecule has 1 atom stereocenters. The van der Waals surface area contributed by atoms with Gasteiger partial charge in [-0.15, -0.1) is 11.6 Å². The molecule has 0 bridgehead atoms. The summed E-state index contributed by atoms with van der Waals surface area (Å²) in [6.45, 7) is 6.08. The number of halogens is 1. The number of carbonyl (C=O) groups is 1. The Morgan fingerprint density at radius 1 is 1.33 bits per heavy atom. The Balaban J connectivity index is 2.85. The molecule has 82 valence electrons. The van der Waals surface area contributed by atoms with E-state index in [0.717, 1.165) is 18.3 Å². The van der Waals surface area contributed by atoms with Gasteiger partial charge in [0.25, 0.3) is 0 Å². The van der Waals surface area contributed by atoms with Crippen molar-refractivity contribution in [3.63, 3.8) is 0 Å². The number of hydrogen-bond acceptors (Lipinski definition) is 1. The lowest BCUT2D eigenvalue weighted by Crippen LogP contribution is -2.15. The lowest BCUT2D eigenvalue weighted by molar-refractivity contribution is -0.109. The molecule has 0 saturated carbocycles. The molecule has 0 aliphatic heterocycles. The molecule has 15 heavy (non-hydrogen) atoms. The largest absolute Gasteiger partial charge is 0.301 e.